The number of anilines is 1. The average Bonchev–Trinajstić information content (AvgIpc) is 3.32. The van der Waals surface area contributed by atoms with Gasteiger partial charge in [0.1, 0.15) is 21.9 Å². The van der Waals surface area contributed by atoms with Crippen LogP contribution in [0.3, 0.4) is 0 Å². The fourth-order valence-electron chi connectivity index (χ4n) is 2.40. The minimum absolute atomic E-state index is 0.234. The molecule has 0 spiro atoms. The zero-order chi connectivity index (χ0) is 18.1. The van der Waals surface area contributed by atoms with Crippen LogP contribution >= 0.6 is 11.3 Å². The van der Waals surface area contributed by atoms with Gasteiger partial charge in [-0.05, 0) is 43.0 Å². The van der Waals surface area contributed by atoms with Gasteiger partial charge in [0.2, 0.25) is 0 Å². The number of carbonyl (C=O) groups is 2. The van der Waals surface area contributed by atoms with E-state index in [-0.39, 0.29) is 10.9 Å². The number of pyridine rings is 1. The zero-order valence-corrected chi connectivity index (χ0v) is 14.4. The molecule has 0 radical (unpaired) electrons. The van der Waals surface area contributed by atoms with Gasteiger partial charge in [-0.1, -0.05) is 0 Å². The van der Waals surface area contributed by atoms with Gasteiger partial charge < -0.3 is 10.4 Å². The standard InChI is InChI=1S/C17H15N5O3S/c23-16(24)13-5-4-12(26-13)11-8-18-10-3-6-14(21-15(10)20-11)22-17(25)19-7-9-1-2-9/h3-6,8-9H,1-2,7H2,(H,23,24)(H2,19,20,21,22,25). The second-order valence-electron chi connectivity index (χ2n) is 6.04. The predicted octanol–water partition coefficient (Wildman–Crippen LogP) is 2.98. The summed E-state index contributed by atoms with van der Waals surface area (Å²) in [6.07, 6.45) is 3.91. The lowest BCUT2D eigenvalue weighted by Gasteiger charge is -2.07. The molecule has 1 aliphatic rings. The molecule has 3 aromatic rings. The van der Waals surface area contributed by atoms with E-state index in [0.717, 1.165) is 11.3 Å². The Morgan fingerprint density at radius 2 is 2.04 bits per heavy atom. The van der Waals surface area contributed by atoms with Crippen LogP contribution in [-0.2, 0) is 0 Å². The first-order valence-electron chi connectivity index (χ1n) is 8.10. The average molecular weight is 369 g/mol. The third-order valence-electron chi connectivity index (χ3n) is 3.97. The van der Waals surface area contributed by atoms with Crippen molar-refractivity contribution in [1.29, 1.82) is 0 Å². The van der Waals surface area contributed by atoms with Crippen LogP contribution in [0, 0.1) is 5.92 Å². The molecule has 0 saturated heterocycles. The van der Waals surface area contributed by atoms with Crippen LogP contribution in [0.2, 0.25) is 0 Å². The Hall–Kier alpha value is -3.07. The lowest BCUT2D eigenvalue weighted by molar-refractivity contribution is 0.0702. The quantitative estimate of drug-likeness (QED) is 0.636. The Morgan fingerprint density at radius 1 is 1.19 bits per heavy atom. The van der Waals surface area contributed by atoms with Gasteiger partial charge in [-0.3, -0.25) is 10.3 Å². The SMILES string of the molecule is O=C(NCC1CC1)Nc1ccc2ncc(-c3ccc(C(=O)O)s3)nc2n1. The maximum atomic E-state index is 11.9. The third kappa shape index (κ3) is 3.62. The summed E-state index contributed by atoms with van der Waals surface area (Å²) < 4.78 is 0. The Bertz CT molecular complexity index is 999. The number of aromatic carboxylic acids is 1. The molecule has 2 amide bonds. The van der Waals surface area contributed by atoms with Crippen molar-refractivity contribution in [3.05, 3.63) is 35.3 Å². The maximum Gasteiger partial charge on any atom is 0.345 e. The number of nitrogens with one attached hydrogen (secondary N) is 2. The van der Waals surface area contributed by atoms with E-state index in [2.05, 4.69) is 25.6 Å². The predicted molar refractivity (Wildman–Crippen MR) is 97.4 cm³/mol. The summed E-state index contributed by atoms with van der Waals surface area (Å²) >= 11 is 1.12. The number of carbonyl (C=O) groups excluding carboxylic acids is 1. The van der Waals surface area contributed by atoms with Crippen molar-refractivity contribution in [2.24, 2.45) is 5.92 Å². The minimum atomic E-state index is -0.975. The second-order valence-corrected chi connectivity index (χ2v) is 7.13. The van der Waals surface area contributed by atoms with Gasteiger partial charge in [0.05, 0.1) is 11.1 Å². The number of aromatic nitrogens is 3. The number of nitrogens with zero attached hydrogens (tertiary/aromatic N) is 3. The summed E-state index contributed by atoms with van der Waals surface area (Å²) in [6.45, 7) is 0.674. The van der Waals surface area contributed by atoms with E-state index in [1.54, 1.807) is 24.4 Å². The molecule has 0 unspecified atom stereocenters. The van der Waals surface area contributed by atoms with Crippen molar-refractivity contribution in [2.45, 2.75) is 12.8 Å². The number of carboxylic acid groups (broad SMARTS) is 1. The van der Waals surface area contributed by atoms with Gasteiger partial charge in [0, 0.05) is 6.54 Å². The van der Waals surface area contributed by atoms with Crippen molar-refractivity contribution in [2.75, 3.05) is 11.9 Å². The molecule has 1 fully saturated rings. The third-order valence-corrected chi connectivity index (χ3v) is 5.06. The van der Waals surface area contributed by atoms with E-state index in [9.17, 15) is 9.59 Å². The van der Waals surface area contributed by atoms with E-state index in [0.29, 0.717) is 40.0 Å². The van der Waals surface area contributed by atoms with Crippen LogP contribution in [0.5, 0.6) is 0 Å². The fourth-order valence-corrected chi connectivity index (χ4v) is 3.20. The molecule has 0 atom stereocenters. The Kier molecular flexibility index (Phi) is 4.21. The van der Waals surface area contributed by atoms with Crippen molar-refractivity contribution in [3.8, 4) is 10.6 Å². The van der Waals surface area contributed by atoms with Gasteiger partial charge in [-0.15, -0.1) is 11.3 Å². The molecule has 132 valence electrons. The summed E-state index contributed by atoms with van der Waals surface area (Å²) in [5.74, 6) is 0.00620. The second kappa shape index (κ2) is 6.68. The normalized spacial score (nSPS) is 13.5. The van der Waals surface area contributed by atoms with Crippen molar-refractivity contribution >= 4 is 40.3 Å². The molecule has 0 aliphatic heterocycles. The molecule has 3 aromatic heterocycles. The molecule has 1 aliphatic carbocycles. The highest BCUT2D eigenvalue weighted by molar-refractivity contribution is 7.17. The molecule has 1 saturated carbocycles. The summed E-state index contributed by atoms with van der Waals surface area (Å²) in [5.41, 5.74) is 1.51. The van der Waals surface area contributed by atoms with Crippen molar-refractivity contribution < 1.29 is 14.7 Å². The van der Waals surface area contributed by atoms with Crippen LogP contribution in [-0.4, -0.2) is 38.6 Å². The highest BCUT2D eigenvalue weighted by atomic mass is 32.1. The first-order chi connectivity index (χ1) is 12.6. The number of hydrogen-bond acceptors (Lipinski definition) is 6. The minimum Gasteiger partial charge on any atom is -0.477 e. The van der Waals surface area contributed by atoms with Gasteiger partial charge in [0.15, 0.2) is 5.65 Å². The monoisotopic (exact) mass is 369 g/mol. The van der Waals surface area contributed by atoms with Crippen LogP contribution in [0.4, 0.5) is 10.6 Å². The van der Waals surface area contributed by atoms with Gasteiger partial charge in [-0.2, -0.15) is 0 Å². The van der Waals surface area contributed by atoms with Gasteiger partial charge in [-0.25, -0.2) is 19.6 Å². The zero-order valence-electron chi connectivity index (χ0n) is 13.6. The molecule has 4 rings (SSSR count). The number of amides is 2. The number of urea groups is 1. The first kappa shape index (κ1) is 16.4. The topological polar surface area (TPSA) is 117 Å². The smallest absolute Gasteiger partial charge is 0.345 e. The summed E-state index contributed by atoms with van der Waals surface area (Å²) in [4.78, 5) is 36.9. The Balaban J connectivity index is 1.55. The number of fused-ring (bicyclic) bond motifs is 1. The maximum absolute atomic E-state index is 11.9. The van der Waals surface area contributed by atoms with E-state index < -0.39 is 5.97 Å². The largest absolute Gasteiger partial charge is 0.477 e. The van der Waals surface area contributed by atoms with E-state index in [1.165, 1.54) is 18.9 Å². The van der Waals surface area contributed by atoms with E-state index in [4.69, 9.17) is 5.11 Å². The van der Waals surface area contributed by atoms with Crippen LogP contribution in [0.25, 0.3) is 21.7 Å². The van der Waals surface area contributed by atoms with Gasteiger partial charge in [0.25, 0.3) is 0 Å². The number of carboxylic acids is 1. The molecular weight excluding hydrogens is 354 g/mol. The molecule has 0 aromatic carbocycles. The Labute approximate surface area is 152 Å². The van der Waals surface area contributed by atoms with E-state index >= 15 is 0 Å². The van der Waals surface area contributed by atoms with Crippen molar-refractivity contribution in [1.82, 2.24) is 20.3 Å². The molecule has 26 heavy (non-hydrogen) atoms. The highest BCUT2D eigenvalue weighted by Crippen LogP contribution is 2.28. The van der Waals surface area contributed by atoms with Crippen LogP contribution in [0.15, 0.2) is 30.5 Å². The lowest BCUT2D eigenvalue weighted by atomic mass is 10.3. The van der Waals surface area contributed by atoms with Crippen LogP contribution in [0.1, 0.15) is 22.5 Å². The fraction of sp³-hybridized carbons (Fsp3) is 0.235. The van der Waals surface area contributed by atoms with Gasteiger partial charge >= 0.3 is 12.0 Å². The number of hydrogen-bond donors (Lipinski definition) is 3. The van der Waals surface area contributed by atoms with Crippen LogP contribution < -0.4 is 10.6 Å². The molecule has 8 nitrogen and oxygen atoms in total. The first-order valence-corrected chi connectivity index (χ1v) is 8.92. The molecular formula is C17H15N5O3S. The number of rotatable bonds is 5. The summed E-state index contributed by atoms with van der Waals surface area (Å²) in [5, 5.41) is 14.5. The Morgan fingerprint density at radius 3 is 2.77 bits per heavy atom. The molecule has 0 bridgehead atoms. The molecule has 3 N–H and O–H groups in total. The van der Waals surface area contributed by atoms with Crippen molar-refractivity contribution in [3.63, 3.8) is 0 Å². The summed E-state index contributed by atoms with van der Waals surface area (Å²) in [7, 11) is 0. The highest BCUT2D eigenvalue weighted by Gasteiger charge is 2.21. The van der Waals surface area contributed by atoms with E-state index in [1.807, 2.05) is 0 Å². The lowest BCUT2D eigenvalue weighted by Crippen LogP contribution is -2.30. The number of thiophene rings is 1. The molecule has 3 heterocycles. The molecule has 9 heteroatoms. The summed E-state index contributed by atoms with van der Waals surface area (Å²) in [6, 6.07) is 6.33.